The van der Waals surface area contributed by atoms with Crippen LogP contribution in [0.3, 0.4) is 0 Å². The molecular weight excluding hydrogens is 436 g/mol. The third kappa shape index (κ3) is 2.76. The topological polar surface area (TPSA) is 17.8 Å². The van der Waals surface area contributed by atoms with Crippen LogP contribution in [0.4, 0.5) is 0 Å². The largest absolute Gasteiger partial charge is 0.331 e. The lowest BCUT2D eigenvalue weighted by atomic mass is 9.74. The molecule has 5 rings (SSSR count). The zero-order valence-corrected chi connectivity index (χ0v) is 24.9. The highest BCUT2D eigenvalue weighted by Crippen LogP contribution is 2.57. The smallest absolute Gasteiger partial charge is 0.106 e. The van der Waals surface area contributed by atoms with Crippen molar-refractivity contribution < 1.29 is 0 Å². The van der Waals surface area contributed by atoms with Crippen LogP contribution < -0.4 is 0 Å². The highest BCUT2D eigenvalue weighted by Gasteiger charge is 2.42. The maximum absolute atomic E-state index is 5.02. The Labute approximate surface area is 217 Å². The highest BCUT2D eigenvalue weighted by atomic mass is 15.1. The SMILES string of the molecule is Cc1c(C)c(C)c2c(c1C)-c1c(C)c(C)c(-c3c(C)c(C)c4c(nc(C)n4C)c3C)c(C)c1C2(C)C. The molecule has 0 N–H and O–H groups in total. The van der Waals surface area contributed by atoms with E-state index >= 15 is 0 Å². The Morgan fingerprint density at radius 1 is 0.472 bits per heavy atom. The van der Waals surface area contributed by atoms with Gasteiger partial charge in [-0.15, -0.1) is 0 Å². The van der Waals surface area contributed by atoms with Crippen molar-refractivity contribution >= 4 is 11.0 Å². The van der Waals surface area contributed by atoms with E-state index < -0.39 is 0 Å². The predicted octanol–water partition coefficient (Wildman–Crippen LogP) is 8.94. The van der Waals surface area contributed by atoms with E-state index in [1.54, 1.807) is 0 Å². The van der Waals surface area contributed by atoms with Crippen molar-refractivity contribution in [2.75, 3.05) is 0 Å². The van der Waals surface area contributed by atoms with Crippen LogP contribution in [-0.2, 0) is 12.5 Å². The molecule has 188 valence electrons. The second-order valence-electron chi connectivity index (χ2n) is 12.0. The Bertz CT molecular complexity index is 1650. The van der Waals surface area contributed by atoms with Crippen LogP contribution in [-0.4, -0.2) is 9.55 Å². The minimum atomic E-state index is -0.0438. The fourth-order valence-electron chi connectivity index (χ4n) is 7.60. The van der Waals surface area contributed by atoms with Crippen LogP contribution in [0.15, 0.2) is 0 Å². The Hall–Kier alpha value is -2.87. The van der Waals surface area contributed by atoms with Crippen molar-refractivity contribution in [2.45, 2.75) is 95.4 Å². The highest BCUT2D eigenvalue weighted by molar-refractivity contribution is 5.97. The summed E-state index contributed by atoms with van der Waals surface area (Å²) in [5.74, 6) is 1.07. The molecule has 0 atom stereocenters. The average molecular weight is 479 g/mol. The standard InChI is InChI=1S/C34H42N2/c1-15-16(2)21(7)30-28(17(15)3)29-19(5)18(4)26(23(9)31(29)34(30,12)13)27-20(6)22(8)33-32(24(27)10)35-25(11)36(33)14/h1-14H3. The van der Waals surface area contributed by atoms with Gasteiger partial charge in [0, 0.05) is 12.5 Å². The number of hydrogen-bond donors (Lipinski definition) is 0. The molecule has 1 aliphatic rings. The van der Waals surface area contributed by atoms with Gasteiger partial charge in [-0.1, -0.05) is 13.8 Å². The molecule has 0 saturated carbocycles. The molecule has 4 aromatic rings. The van der Waals surface area contributed by atoms with Crippen molar-refractivity contribution in [1.82, 2.24) is 9.55 Å². The first kappa shape index (κ1) is 24.8. The lowest BCUT2D eigenvalue weighted by Gasteiger charge is -2.29. The maximum Gasteiger partial charge on any atom is 0.106 e. The molecule has 0 bridgehead atoms. The number of aryl methyl sites for hydroxylation is 4. The first-order valence-corrected chi connectivity index (χ1v) is 13.3. The van der Waals surface area contributed by atoms with Crippen molar-refractivity contribution in [3.8, 4) is 22.3 Å². The molecular formula is C34H42N2. The van der Waals surface area contributed by atoms with E-state index in [9.17, 15) is 0 Å². The molecule has 0 saturated heterocycles. The quantitative estimate of drug-likeness (QED) is 0.267. The van der Waals surface area contributed by atoms with Gasteiger partial charge < -0.3 is 4.57 Å². The first-order chi connectivity index (χ1) is 16.7. The summed E-state index contributed by atoms with van der Waals surface area (Å²) in [6.45, 7) is 30.2. The number of nitrogens with zero attached hydrogens (tertiary/aromatic N) is 2. The average Bonchev–Trinajstić information content (AvgIpc) is 3.25. The number of aromatic nitrogens is 2. The summed E-state index contributed by atoms with van der Waals surface area (Å²) >= 11 is 0. The van der Waals surface area contributed by atoms with Crippen LogP contribution in [0.5, 0.6) is 0 Å². The van der Waals surface area contributed by atoms with Gasteiger partial charge in [-0.3, -0.25) is 0 Å². The van der Waals surface area contributed by atoms with E-state index in [4.69, 9.17) is 4.98 Å². The van der Waals surface area contributed by atoms with E-state index in [1.807, 2.05) is 0 Å². The number of benzene rings is 3. The first-order valence-electron chi connectivity index (χ1n) is 13.3. The monoisotopic (exact) mass is 478 g/mol. The summed E-state index contributed by atoms with van der Waals surface area (Å²) in [5, 5.41) is 0. The molecule has 0 spiro atoms. The summed E-state index contributed by atoms with van der Waals surface area (Å²) < 4.78 is 2.25. The minimum Gasteiger partial charge on any atom is -0.331 e. The molecule has 1 heterocycles. The molecule has 0 unspecified atom stereocenters. The van der Waals surface area contributed by atoms with Gasteiger partial charge in [0.05, 0.1) is 11.0 Å². The van der Waals surface area contributed by atoms with Crippen LogP contribution >= 0.6 is 0 Å². The number of fused-ring (bicyclic) bond motifs is 4. The molecule has 1 aromatic heterocycles. The lowest BCUT2D eigenvalue weighted by molar-refractivity contribution is 0.649. The summed E-state index contributed by atoms with van der Waals surface area (Å²) in [4.78, 5) is 5.02. The van der Waals surface area contributed by atoms with E-state index in [-0.39, 0.29) is 5.41 Å². The van der Waals surface area contributed by atoms with E-state index in [2.05, 4.69) is 102 Å². The van der Waals surface area contributed by atoms with Crippen LogP contribution in [0.2, 0.25) is 0 Å². The third-order valence-corrected chi connectivity index (χ3v) is 10.1. The molecule has 2 heteroatoms. The van der Waals surface area contributed by atoms with E-state index in [0.717, 1.165) is 11.3 Å². The summed E-state index contributed by atoms with van der Waals surface area (Å²) in [7, 11) is 2.14. The molecule has 0 aliphatic heterocycles. The van der Waals surface area contributed by atoms with Crippen LogP contribution in [0.1, 0.15) is 86.4 Å². The molecule has 0 fully saturated rings. The van der Waals surface area contributed by atoms with E-state index in [0.29, 0.717) is 0 Å². The van der Waals surface area contributed by atoms with Gasteiger partial charge in [0.15, 0.2) is 0 Å². The molecule has 2 nitrogen and oxygen atoms in total. The van der Waals surface area contributed by atoms with Gasteiger partial charge >= 0.3 is 0 Å². The Balaban J connectivity index is 1.97. The van der Waals surface area contributed by atoms with Gasteiger partial charge in [-0.05, 0) is 165 Å². The maximum atomic E-state index is 5.02. The molecule has 36 heavy (non-hydrogen) atoms. The zero-order chi connectivity index (χ0) is 26.8. The van der Waals surface area contributed by atoms with Crippen molar-refractivity contribution in [1.29, 1.82) is 0 Å². The molecule has 1 aliphatic carbocycles. The van der Waals surface area contributed by atoms with Gasteiger partial charge in [0.25, 0.3) is 0 Å². The van der Waals surface area contributed by atoms with Gasteiger partial charge in [-0.2, -0.15) is 0 Å². The summed E-state index contributed by atoms with van der Waals surface area (Å²) in [6.07, 6.45) is 0. The second kappa shape index (κ2) is 7.57. The van der Waals surface area contributed by atoms with E-state index in [1.165, 1.54) is 94.5 Å². The summed E-state index contributed by atoms with van der Waals surface area (Å²) in [6, 6.07) is 0. The number of imidazole rings is 1. The van der Waals surface area contributed by atoms with Crippen molar-refractivity contribution in [3.05, 3.63) is 72.6 Å². The Kier molecular flexibility index (Phi) is 5.22. The number of hydrogen-bond acceptors (Lipinski definition) is 1. The van der Waals surface area contributed by atoms with Gasteiger partial charge in [-0.25, -0.2) is 4.98 Å². The van der Waals surface area contributed by atoms with Crippen molar-refractivity contribution in [2.24, 2.45) is 7.05 Å². The zero-order valence-electron chi connectivity index (χ0n) is 24.9. The molecule has 0 amide bonds. The fraction of sp³-hybridized carbons (Fsp3) is 0.441. The van der Waals surface area contributed by atoms with Crippen LogP contribution in [0, 0.1) is 76.2 Å². The Morgan fingerprint density at radius 2 is 0.889 bits per heavy atom. The van der Waals surface area contributed by atoms with Gasteiger partial charge in [0.1, 0.15) is 5.82 Å². The number of rotatable bonds is 1. The normalized spacial score (nSPS) is 14.1. The van der Waals surface area contributed by atoms with Gasteiger partial charge in [0.2, 0.25) is 0 Å². The molecule has 3 aromatic carbocycles. The van der Waals surface area contributed by atoms with Crippen molar-refractivity contribution in [3.63, 3.8) is 0 Å². The minimum absolute atomic E-state index is 0.0438. The predicted molar refractivity (Wildman–Crippen MR) is 156 cm³/mol. The fourth-order valence-corrected chi connectivity index (χ4v) is 7.60. The Morgan fingerprint density at radius 3 is 1.47 bits per heavy atom. The van der Waals surface area contributed by atoms with Crippen LogP contribution in [0.25, 0.3) is 33.3 Å². The summed E-state index contributed by atoms with van der Waals surface area (Å²) in [5.41, 5.74) is 25.3. The second-order valence-corrected chi connectivity index (χ2v) is 12.0. The molecule has 0 radical (unpaired) electrons. The lowest BCUT2D eigenvalue weighted by Crippen LogP contribution is -2.19. The third-order valence-electron chi connectivity index (χ3n) is 10.1.